The van der Waals surface area contributed by atoms with Crippen LogP contribution < -0.4 is 0 Å². The lowest BCUT2D eigenvalue weighted by molar-refractivity contribution is -0.266. The Hall–Kier alpha value is -5.83. The second-order valence-corrected chi connectivity index (χ2v) is 14.7. The number of aromatic amines is 2. The average molecular weight is 795 g/mol. The van der Waals surface area contributed by atoms with Crippen molar-refractivity contribution in [2.24, 2.45) is 5.92 Å². The third-order valence-corrected chi connectivity index (χ3v) is 11.4. The Morgan fingerprint density at radius 1 is 0.931 bits per heavy atom. The third kappa shape index (κ3) is 7.74. The van der Waals surface area contributed by atoms with Gasteiger partial charge in [-0.15, -0.1) is 0 Å². The Labute approximate surface area is 336 Å². The van der Waals surface area contributed by atoms with E-state index in [2.05, 4.69) is 23.1 Å². The van der Waals surface area contributed by atoms with E-state index in [9.17, 15) is 24.6 Å². The van der Waals surface area contributed by atoms with Crippen LogP contribution in [0.1, 0.15) is 84.1 Å². The van der Waals surface area contributed by atoms with Gasteiger partial charge in [0, 0.05) is 63.1 Å². The van der Waals surface area contributed by atoms with Crippen LogP contribution in [0.5, 0.6) is 0 Å². The van der Waals surface area contributed by atoms with Gasteiger partial charge in [0.15, 0.2) is 0 Å². The van der Waals surface area contributed by atoms with Gasteiger partial charge in [0.25, 0.3) is 0 Å². The van der Waals surface area contributed by atoms with Gasteiger partial charge in [-0.2, -0.15) is 4.89 Å². The topological polar surface area (TPSA) is 195 Å². The molecule has 8 bridgehead atoms. The highest BCUT2D eigenvalue weighted by Crippen LogP contribution is 2.55. The van der Waals surface area contributed by atoms with Crippen LogP contribution >= 0.6 is 0 Å². The SMILES string of the molecule is C=Cc1c(C)c2cc3nc(cc4[nH]c(cc5nc(cc1[nH]2)C1(C)C(C(=O)OC)C(C(=O)OC)=CCC51)c(C)c4CCC(=O)OCCO)C(CC(=C)OOCCO)=C3C. The molecule has 2 aliphatic heterocycles. The van der Waals surface area contributed by atoms with E-state index < -0.39 is 29.2 Å². The molecule has 0 saturated heterocycles. The van der Waals surface area contributed by atoms with Crippen molar-refractivity contribution in [3.63, 3.8) is 0 Å². The number of aliphatic hydroxyl groups is 2. The quantitative estimate of drug-likeness (QED) is 0.0364. The van der Waals surface area contributed by atoms with Crippen LogP contribution in [0.3, 0.4) is 0 Å². The molecule has 6 rings (SSSR count). The van der Waals surface area contributed by atoms with E-state index in [1.807, 2.05) is 52.0 Å². The molecule has 0 saturated carbocycles. The maximum Gasteiger partial charge on any atom is 0.334 e. The van der Waals surface area contributed by atoms with Gasteiger partial charge in [0.05, 0.1) is 44.5 Å². The average Bonchev–Trinajstić information content (AvgIpc) is 3.86. The van der Waals surface area contributed by atoms with Crippen LogP contribution in [0.4, 0.5) is 0 Å². The molecule has 3 aromatic heterocycles. The molecule has 4 N–H and O–H groups in total. The zero-order chi connectivity index (χ0) is 41.9. The molecule has 0 radical (unpaired) electrons. The number of carbonyl (C=O) groups is 3. The molecule has 3 unspecified atom stereocenters. The molecular weight excluding hydrogens is 745 g/mol. The smallest absolute Gasteiger partial charge is 0.334 e. The molecule has 3 atom stereocenters. The van der Waals surface area contributed by atoms with Crippen molar-refractivity contribution >= 4 is 57.2 Å². The van der Waals surface area contributed by atoms with E-state index >= 15 is 0 Å². The van der Waals surface area contributed by atoms with Crippen molar-refractivity contribution in [2.75, 3.05) is 40.6 Å². The summed E-state index contributed by atoms with van der Waals surface area (Å²) in [7, 11) is 2.59. The van der Waals surface area contributed by atoms with E-state index in [1.165, 1.54) is 14.2 Å². The normalized spacial score (nSPS) is 18.6. The number of aliphatic hydroxyl groups excluding tert-OH is 2. The number of carbonyl (C=O) groups excluding carboxylic acids is 3. The standard InChI is InChI=1S/C44H50N4O10/c1-9-27-24(3)32-19-33-26(5)30(18-23(2)58-57-17-15-50)36(46-33)21-35-28(11-13-40(51)56-16-14-49)25(4)34(45-35)20-38-31-12-10-29(42(52)54-7)41(43(53)55-8)44(31,6)39(48-38)22-37(27)47-32/h9-10,19-22,31,41,45,47,49-50H,1-2,11-18H2,3-8H3. The molecule has 0 amide bonds. The summed E-state index contributed by atoms with van der Waals surface area (Å²) in [5.41, 5.74) is 9.76. The highest BCUT2D eigenvalue weighted by atomic mass is 17.2. The lowest BCUT2D eigenvalue weighted by Crippen LogP contribution is -2.45. The number of nitrogens with one attached hydrogen (secondary N) is 2. The van der Waals surface area contributed by atoms with Crippen LogP contribution in [0.25, 0.3) is 39.3 Å². The van der Waals surface area contributed by atoms with Gasteiger partial charge in [0.1, 0.15) is 24.9 Å². The highest BCUT2D eigenvalue weighted by molar-refractivity contribution is 5.97. The highest BCUT2D eigenvalue weighted by Gasteiger charge is 2.56. The summed E-state index contributed by atoms with van der Waals surface area (Å²) in [4.78, 5) is 67.7. The fourth-order valence-corrected chi connectivity index (χ4v) is 8.31. The third-order valence-electron chi connectivity index (χ3n) is 11.4. The fourth-order valence-electron chi connectivity index (χ4n) is 8.31. The van der Waals surface area contributed by atoms with Gasteiger partial charge < -0.3 is 39.3 Å². The minimum absolute atomic E-state index is 0.0198. The van der Waals surface area contributed by atoms with Crippen molar-refractivity contribution in [1.82, 2.24) is 19.9 Å². The van der Waals surface area contributed by atoms with E-state index in [0.717, 1.165) is 44.4 Å². The molecule has 306 valence electrons. The second kappa shape index (κ2) is 17.3. The van der Waals surface area contributed by atoms with Gasteiger partial charge in [-0.05, 0) is 85.7 Å². The first-order chi connectivity index (χ1) is 27.8. The first-order valence-electron chi connectivity index (χ1n) is 19.1. The van der Waals surface area contributed by atoms with Crippen molar-refractivity contribution in [3.05, 3.63) is 99.9 Å². The van der Waals surface area contributed by atoms with Crippen LogP contribution in [0.2, 0.25) is 0 Å². The van der Waals surface area contributed by atoms with Gasteiger partial charge in [-0.3, -0.25) is 14.6 Å². The zero-order valence-corrected chi connectivity index (χ0v) is 33.7. The lowest BCUT2D eigenvalue weighted by atomic mass is 9.60. The number of H-pyrrole nitrogens is 2. The zero-order valence-electron chi connectivity index (χ0n) is 33.7. The molecule has 14 heteroatoms. The van der Waals surface area contributed by atoms with Crippen molar-refractivity contribution in [1.29, 1.82) is 0 Å². The van der Waals surface area contributed by atoms with Crippen LogP contribution in [-0.4, -0.2) is 88.7 Å². The molecule has 58 heavy (non-hydrogen) atoms. The number of nitrogens with zero attached hydrogens (tertiary/aromatic N) is 2. The number of rotatable bonds is 14. The summed E-state index contributed by atoms with van der Waals surface area (Å²) in [6, 6.07) is 7.76. The molecule has 3 aromatic rings. The number of fused-ring (bicyclic) bond motifs is 11. The Bertz CT molecular complexity index is 2400. The number of aryl methyl sites for hydroxylation is 3. The maximum atomic E-state index is 13.8. The minimum Gasteiger partial charge on any atom is -0.469 e. The molecule has 5 heterocycles. The summed E-state index contributed by atoms with van der Waals surface area (Å²) < 4.78 is 15.7. The predicted molar refractivity (Wildman–Crippen MR) is 218 cm³/mol. The summed E-state index contributed by atoms with van der Waals surface area (Å²) >= 11 is 0. The molecule has 14 nitrogen and oxygen atoms in total. The Balaban J connectivity index is 1.69. The number of allylic oxidation sites excluding steroid dienone is 3. The molecule has 0 fully saturated rings. The lowest BCUT2D eigenvalue weighted by Gasteiger charge is -2.41. The van der Waals surface area contributed by atoms with Gasteiger partial charge in [-0.25, -0.2) is 9.78 Å². The first kappa shape index (κ1) is 41.8. The molecule has 1 aliphatic carbocycles. The van der Waals surface area contributed by atoms with Gasteiger partial charge in [-0.1, -0.05) is 32.2 Å². The number of hydrogen-bond donors (Lipinski definition) is 4. The largest absolute Gasteiger partial charge is 0.469 e. The minimum atomic E-state index is -1.04. The summed E-state index contributed by atoms with van der Waals surface area (Å²) in [5.74, 6) is -2.72. The molecule has 0 aromatic carbocycles. The first-order valence-corrected chi connectivity index (χ1v) is 19.1. The maximum absolute atomic E-state index is 13.8. The summed E-state index contributed by atoms with van der Waals surface area (Å²) in [5, 5.41) is 18.4. The Kier molecular flexibility index (Phi) is 12.5. The summed E-state index contributed by atoms with van der Waals surface area (Å²) in [6.45, 7) is 15.4. The summed E-state index contributed by atoms with van der Waals surface area (Å²) in [6.07, 6.45) is 4.52. The van der Waals surface area contributed by atoms with Crippen molar-refractivity contribution in [3.8, 4) is 0 Å². The Morgan fingerprint density at radius 2 is 1.64 bits per heavy atom. The van der Waals surface area contributed by atoms with E-state index in [1.54, 1.807) is 12.2 Å². The van der Waals surface area contributed by atoms with Crippen LogP contribution in [0.15, 0.2) is 54.8 Å². The van der Waals surface area contributed by atoms with E-state index in [0.29, 0.717) is 52.4 Å². The number of ether oxygens (including phenoxy) is 3. The Morgan fingerprint density at radius 3 is 2.33 bits per heavy atom. The molecule has 3 aliphatic rings. The van der Waals surface area contributed by atoms with Crippen molar-refractivity contribution < 1.29 is 48.6 Å². The number of methoxy groups -OCH3 is 2. The number of esters is 3. The van der Waals surface area contributed by atoms with Crippen molar-refractivity contribution in [2.45, 2.75) is 64.7 Å². The van der Waals surface area contributed by atoms with Gasteiger partial charge >= 0.3 is 17.9 Å². The second-order valence-electron chi connectivity index (χ2n) is 14.7. The predicted octanol–water partition coefficient (Wildman–Crippen LogP) is 6.15. The number of hydrogen-bond acceptors (Lipinski definition) is 12. The monoisotopic (exact) mass is 794 g/mol. The molecular formula is C44H50N4O10. The van der Waals surface area contributed by atoms with Gasteiger partial charge in [0.2, 0.25) is 0 Å². The molecule has 0 spiro atoms. The van der Waals surface area contributed by atoms with E-state index in [-0.39, 0.29) is 50.8 Å². The van der Waals surface area contributed by atoms with Crippen LogP contribution in [-0.2, 0) is 50.2 Å². The van der Waals surface area contributed by atoms with E-state index in [4.69, 9.17) is 34.0 Å². The number of aromatic nitrogens is 4. The van der Waals surface area contributed by atoms with Crippen LogP contribution in [0, 0.1) is 19.8 Å². The fraction of sp³-hybridized carbons (Fsp3) is 0.386.